The van der Waals surface area contributed by atoms with Gasteiger partial charge in [0.05, 0.1) is 0 Å². The Bertz CT molecular complexity index is 706. The molecule has 0 amide bonds. The molecule has 0 radical (unpaired) electrons. The molecule has 0 fully saturated rings. The molecule has 1 N–H and O–H groups in total. The van der Waals surface area contributed by atoms with Crippen LogP contribution < -0.4 is 5.32 Å². The molecule has 0 unspecified atom stereocenters. The highest BCUT2D eigenvalue weighted by Gasteiger charge is 2.29. The number of pyridine rings is 1. The van der Waals surface area contributed by atoms with Crippen LogP contribution in [-0.4, -0.2) is 42.7 Å². The molecule has 0 bridgehead atoms. The molecule has 20 heavy (non-hydrogen) atoms. The highest BCUT2D eigenvalue weighted by Crippen LogP contribution is 2.25. The molecule has 0 atom stereocenters. The molecule has 2 aromatic rings. The van der Waals surface area contributed by atoms with Crippen LogP contribution in [-0.2, 0) is 10.0 Å². The average molecular weight is 296 g/mol. The number of sulfonamides is 1. The monoisotopic (exact) mass is 296 g/mol. The van der Waals surface area contributed by atoms with E-state index >= 15 is 0 Å². The van der Waals surface area contributed by atoms with Crippen LogP contribution in [0.3, 0.4) is 0 Å². The number of nitrogens with zero attached hydrogens (tertiary/aromatic N) is 3. The zero-order chi connectivity index (χ0) is 14.9. The second kappa shape index (κ2) is 5.41. The Morgan fingerprint density at radius 2 is 2.10 bits per heavy atom. The second-order valence-corrected chi connectivity index (χ2v) is 7.08. The number of rotatable bonds is 5. The molecule has 2 rings (SSSR count). The first-order valence-electron chi connectivity index (χ1n) is 6.49. The van der Waals surface area contributed by atoms with Crippen molar-refractivity contribution in [2.75, 3.05) is 26.0 Å². The van der Waals surface area contributed by atoms with Crippen molar-refractivity contribution in [3.63, 3.8) is 0 Å². The van der Waals surface area contributed by atoms with E-state index in [0.29, 0.717) is 18.0 Å². The summed E-state index contributed by atoms with van der Waals surface area (Å²) in [6.45, 7) is 4.44. The maximum atomic E-state index is 12.7. The summed E-state index contributed by atoms with van der Waals surface area (Å²) in [5.41, 5.74) is 0.605. The lowest BCUT2D eigenvalue weighted by Crippen LogP contribution is -2.31. The van der Waals surface area contributed by atoms with Gasteiger partial charge >= 0.3 is 0 Å². The second-order valence-electron chi connectivity index (χ2n) is 5.12. The minimum atomic E-state index is -3.59. The molecule has 0 saturated carbocycles. The number of aromatic nitrogens is 2. The normalized spacial score (nSPS) is 12.5. The first-order valence-corrected chi connectivity index (χ1v) is 7.93. The van der Waals surface area contributed by atoms with E-state index in [1.165, 1.54) is 4.31 Å². The molecule has 2 aromatic heterocycles. The molecule has 0 spiro atoms. The molecule has 110 valence electrons. The summed E-state index contributed by atoms with van der Waals surface area (Å²) in [7, 11) is -0.325. The van der Waals surface area contributed by atoms with Crippen molar-refractivity contribution in [2.45, 2.75) is 18.9 Å². The Hall–Kier alpha value is -1.60. The van der Waals surface area contributed by atoms with Crippen molar-refractivity contribution >= 4 is 21.5 Å². The van der Waals surface area contributed by atoms with Crippen LogP contribution in [0, 0.1) is 5.92 Å². The third-order valence-corrected chi connectivity index (χ3v) is 4.85. The van der Waals surface area contributed by atoms with Crippen LogP contribution >= 0.6 is 0 Å². The molecule has 0 aliphatic carbocycles. The van der Waals surface area contributed by atoms with Gasteiger partial charge in [0.15, 0.2) is 10.8 Å². The molecule has 6 nitrogen and oxygen atoms in total. The van der Waals surface area contributed by atoms with Crippen molar-refractivity contribution in [3.05, 3.63) is 24.4 Å². The number of hydrogen-bond acceptors (Lipinski definition) is 4. The van der Waals surface area contributed by atoms with Crippen molar-refractivity contribution < 1.29 is 8.42 Å². The van der Waals surface area contributed by atoms with Crippen LogP contribution in [0.5, 0.6) is 0 Å². The summed E-state index contributed by atoms with van der Waals surface area (Å²) in [6.07, 6.45) is 1.71. The van der Waals surface area contributed by atoms with Gasteiger partial charge in [-0.25, -0.2) is 13.4 Å². The van der Waals surface area contributed by atoms with Gasteiger partial charge < -0.3 is 5.32 Å². The fourth-order valence-corrected chi connectivity index (χ4v) is 3.73. The first-order chi connectivity index (χ1) is 9.37. The van der Waals surface area contributed by atoms with Gasteiger partial charge in [0.25, 0.3) is 10.0 Å². The zero-order valence-electron chi connectivity index (χ0n) is 12.2. The molecule has 0 aliphatic rings. The molecule has 0 saturated heterocycles. The van der Waals surface area contributed by atoms with Gasteiger partial charge in [-0.05, 0) is 18.1 Å². The third-order valence-electron chi connectivity index (χ3n) is 3.00. The van der Waals surface area contributed by atoms with Gasteiger partial charge in [0.1, 0.15) is 5.65 Å². The number of imidazole rings is 1. The van der Waals surface area contributed by atoms with E-state index in [4.69, 9.17) is 0 Å². The number of nitrogens with one attached hydrogen (secondary N) is 1. The van der Waals surface area contributed by atoms with Crippen molar-refractivity contribution in [1.29, 1.82) is 0 Å². The van der Waals surface area contributed by atoms with E-state index in [1.807, 2.05) is 19.9 Å². The van der Waals surface area contributed by atoms with E-state index < -0.39 is 10.0 Å². The lowest BCUT2D eigenvalue weighted by molar-refractivity contribution is 0.415. The predicted octanol–water partition coefficient (Wildman–Crippen LogP) is 1.65. The molecule has 0 aromatic carbocycles. The van der Waals surface area contributed by atoms with Crippen molar-refractivity contribution in [1.82, 2.24) is 13.7 Å². The SMILES string of the molecule is CNc1nc2ccccn2c1S(=O)(=O)N(C)CC(C)C. The minimum Gasteiger partial charge on any atom is -0.371 e. The zero-order valence-corrected chi connectivity index (χ0v) is 13.0. The number of hydrogen-bond donors (Lipinski definition) is 1. The maximum absolute atomic E-state index is 12.7. The van der Waals surface area contributed by atoms with Crippen LogP contribution in [0.1, 0.15) is 13.8 Å². The quantitative estimate of drug-likeness (QED) is 0.911. The summed E-state index contributed by atoms with van der Waals surface area (Å²) in [5.74, 6) is 0.624. The Kier molecular flexibility index (Phi) is 4.01. The van der Waals surface area contributed by atoms with Gasteiger partial charge in [-0.15, -0.1) is 0 Å². The largest absolute Gasteiger partial charge is 0.371 e. The van der Waals surface area contributed by atoms with Gasteiger partial charge in [-0.1, -0.05) is 19.9 Å². The van der Waals surface area contributed by atoms with Crippen molar-refractivity contribution in [3.8, 4) is 0 Å². The van der Waals surface area contributed by atoms with Crippen LogP contribution in [0.25, 0.3) is 5.65 Å². The predicted molar refractivity (Wildman–Crippen MR) is 79.4 cm³/mol. The highest BCUT2D eigenvalue weighted by atomic mass is 32.2. The molecule has 0 aliphatic heterocycles. The summed E-state index contributed by atoms with van der Waals surface area (Å²) >= 11 is 0. The van der Waals surface area contributed by atoms with Gasteiger partial charge in [0.2, 0.25) is 0 Å². The minimum absolute atomic E-state index is 0.179. The Balaban J connectivity index is 2.61. The Morgan fingerprint density at radius 3 is 2.70 bits per heavy atom. The average Bonchev–Trinajstić information content (AvgIpc) is 2.76. The Labute approximate surface area is 119 Å². The van der Waals surface area contributed by atoms with E-state index in [1.54, 1.807) is 36.8 Å². The Morgan fingerprint density at radius 1 is 1.40 bits per heavy atom. The van der Waals surface area contributed by atoms with Gasteiger partial charge in [-0.3, -0.25) is 4.40 Å². The summed E-state index contributed by atoms with van der Waals surface area (Å²) in [6, 6.07) is 5.40. The molecule has 7 heteroatoms. The molecular weight excluding hydrogens is 276 g/mol. The standard InChI is InChI=1S/C13H20N4O2S/c1-10(2)9-16(4)20(18,19)13-12(14-3)15-11-7-5-6-8-17(11)13/h5-8,10,14H,9H2,1-4H3. The lowest BCUT2D eigenvalue weighted by atomic mass is 10.2. The van der Waals surface area contributed by atoms with Gasteiger partial charge in [0, 0.05) is 26.8 Å². The highest BCUT2D eigenvalue weighted by molar-refractivity contribution is 7.89. The van der Waals surface area contributed by atoms with E-state index in [9.17, 15) is 8.42 Å². The lowest BCUT2D eigenvalue weighted by Gasteiger charge is -2.19. The van der Waals surface area contributed by atoms with Crippen LogP contribution in [0.2, 0.25) is 0 Å². The van der Waals surface area contributed by atoms with E-state index in [-0.39, 0.29) is 10.9 Å². The first kappa shape index (κ1) is 14.8. The molecule has 2 heterocycles. The van der Waals surface area contributed by atoms with E-state index in [2.05, 4.69) is 10.3 Å². The fourth-order valence-electron chi connectivity index (χ4n) is 2.14. The third kappa shape index (κ3) is 2.51. The van der Waals surface area contributed by atoms with Crippen molar-refractivity contribution in [2.24, 2.45) is 5.92 Å². The summed E-state index contributed by atoms with van der Waals surface area (Å²) in [4.78, 5) is 4.31. The van der Waals surface area contributed by atoms with Crippen LogP contribution in [0.15, 0.2) is 29.4 Å². The number of fused-ring (bicyclic) bond motifs is 1. The maximum Gasteiger partial charge on any atom is 0.262 e. The summed E-state index contributed by atoms with van der Waals surface area (Å²) < 4.78 is 28.5. The topological polar surface area (TPSA) is 66.7 Å². The fraction of sp³-hybridized carbons (Fsp3) is 0.462. The smallest absolute Gasteiger partial charge is 0.262 e. The number of anilines is 1. The van der Waals surface area contributed by atoms with Crippen LogP contribution in [0.4, 0.5) is 5.82 Å². The van der Waals surface area contributed by atoms with Gasteiger partial charge in [-0.2, -0.15) is 4.31 Å². The molecular formula is C13H20N4O2S. The van der Waals surface area contributed by atoms with E-state index in [0.717, 1.165) is 0 Å². The summed E-state index contributed by atoms with van der Waals surface area (Å²) in [5, 5.41) is 3.04.